The van der Waals surface area contributed by atoms with Crippen LogP contribution in [0.5, 0.6) is 5.75 Å². The zero-order valence-electron chi connectivity index (χ0n) is 9.48. The molecule has 17 heavy (non-hydrogen) atoms. The molecule has 0 bridgehead atoms. The summed E-state index contributed by atoms with van der Waals surface area (Å²) in [5.74, 6) is 0.183. The third-order valence-corrected chi connectivity index (χ3v) is 2.62. The van der Waals surface area contributed by atoms with Gasteiger partial charge < -0.3 is 9.84 Å². The van der Waals surface area contributed by atoms with Gasteiger partial charge in [0.15, 0.2) is 0 Å². The maximum absolute atomic E-state index is 13.8. The average molecular weight is 232 g/mol. The monoisotopic (exact) mass is 232 g/mol. The fraction of sp³-hybridized carbons (Fsp3) is 0.143. The number of hydrogen-bond donors (Lipinski definition) is 1. The van der Waals surface area contributed by atoms with Crippen LogP contribution < -0.4 is 4.74 Å². The van der Waals surface area contributed by atoms with E-state index in [4.69, 9.17) is 9.84 Å². The first-order chi connectivity index (χ1) is 8.26. The molecule has 0 aliphatic carbocycles. The normalized spacial score (nSPS) is 10.3. The van der Waals surface area contributed by atoms with Crippen LogP contribution in [-0.2, 0) is 6.61 Å². The summed E-state index contributed by atoms with van der Waals surface area (Å²) in [6.07, 6.45) is 0. The Labute approximate surface area is 99.3 Å². The van der Waals surface area contributed by atoms with Crippen LogP contribution in [0.15, 0.2) is 42.5 Å². The summed E-state index contributed by atoms with van der Waals surface area (Å²) in [7, 11) is 1.51. The first kappa shape index (κ1) is 11.6. The van der Waals surface area contributed by atoms with E-state index in [2.05, 4.69) is 0 Å². The number of methoxy groups -OCH3 is 1. The van der Waals surface area contributed by atoms with Gasteiger partial charge >= 0.3 is 0 Å². The molecule has 2 aromatic carbocycles. The third kappa shape index (κ3) is 2.29. The van der Waals surface area contributed by atoms with E-state index in [-0.39, 0.29) is 12.4 Å². The average Bonchev–Trinajstić information content (AvgIpc) is 2.38. The summed E-state index contributed by atoms with van der Waals surface area (Å²) in [4.78, 5) is 0. The number of hydrogen-bond acceptors (Lipinski definition) is 2. The standard InChI is InChI=1S/C14H13FO2/c1-17-13-4-2-3-12(15)14(13)11-7-5-10(9-16)6-8-11/h2-8,16H,9H2,1H3. The van der Waals surface area contributed by atoms with Gasteiger partial charge in [-0.2, -0.15) is 0 Å². The second-order valence-corrected chi connectivity index (χ2v) is 3.67. The van der Waals surface area contributed by atoms with Crippen LogP contribution >= 0.6 is 0 Å². The Balaban J connectivity index is 2.51. The number of aliphatic hydroxyl groups excluding tert-OH is 1. The van der Waals surface area contributed by atoms with Gasteiger partial charge in [0.05, 0.1) is 19.3 Å². The quantitative estimate of drug-likeness (QED) is 0.881. The molecule has 1 N–H and O–H groups in total. The topological polar surface area (TPSA) is 29.5 Å². The van der Waals surface area contributed by atoms with Crippen LogP contribution in [0, 0.1) is 5.82 Å². The van der Waals surface area contributed by atoms with Crippen molar-refractivity contribution in [1.82, 2.24) is 0 Å². The molecular formula is C14H13FO2. The molecule has 0 aliphatic heterocycles. The molecule has 0 aromatic heterocycles. The van der Waals surface area contributed by atoms with Crippen LogP contribution in [-0.4, -0.2) is 12.2 Å². The number of rotatable bonds is 3. The summed E-state index contributed by atoms with van der Waals surface area (Å²) < 4.78 is 18.9. The molecule has 0 spiro atoms. The first-order valence-corrected chi connectivity index (χ1v) is 5.29. The highest BCUT2D eigenvalue weighted by Gasteiger charge is 2.10. The molecule has 2 nitrogen and oxygen atoms in total. The van der Waals surface area contributed by atoms with Crippen molar-refractivity contribution < 1.29 is 14.2 Å². The fourth-order valence-electron chi connectivity index (χ4n) is 1.73. The number of aliphatic hydroxyl groups is 1. The lowest BCUT2D eigenvalue weighted by molar-refractivity contribution is 0.282. The van der Waals surface area contributed by atoms with Crippen LogP contribution in [0.1, 0.15) is 5.56 Å². The summed E-state index contributed by atoms with van der Waals surface area (Å²) in [6.45, 7) is -0.0192. The molecule has 0 amide bonds. The van der Waals surface area contributed by atoms with E-state index in [0.29, 0.717) is 11.3 Å². The van der Waals surface area contributed by atoms with E-state index in [0.717, 1.165) is 11.1 Å². The van der Waals surface area contributed by atoms with Crippen molar-refractivity contribution in [2.24, 2.45) is 0 Å². The van der Waals surface area contributed by atoms with E-state index in [9.17, 15) is 4.39 Å². The Morgan fingerprint density at radius 1 is 1.12 bits per heavy atom. The molecule has 2 rings (SSSR count). The molecular weight excluding hydrogens is 219 g/mol. The summed E-state index contributed by atoms with van der Waals surface area (Å²) >= 11 is 0. The highest BCUT2D eigenvalue weighted by Crippen LogP contribution is 2.32. The highest BCUT2D eigenvalue weighted by atomic mass is 19.1. The van der Waals surface area contributed by atoms with Crippen molar-refractivity contribution in [3.05, 3.63) is 53.8 Å². The van der Waals surface area contributed by atoms with Gasteiger partial charge in [-0.1, -0.05) is 30.3 Å². The fourth-order valence-corrected chi connectivity index (χ4v) is 1.73. The summed E-state index contributed by atoms with van der Waals surface area (Å²) in [6, 6.07) is 11.8. The first-order valence-electron chi connectivity index (χ1n) is 5.29. The lowest BCUT2D eigenvalue weighted by Crippen LogP contribution is -1.92. The number of halogens is 1. The molecule has 0 heterocycles. The Hall–Kier alpha value is -1.87. The molecule has 3 heteroatoms. The van der Waals surface area contributed by atoms with E-state index >= 15 is 0 Å². The molecule has 0 saturated heterocycles. The smallest absolute Gasteiger partial charge is 0.134 e. The van der Waals surface area contributed by atoms with Crippen molar-refractivity contribution in [2.45, 2.75) is 6.61 Å². The minimum absolute atomic E-state index is 0.0192. The Morgan fingerprint density at radius 3 is 2.41 bits per heavy atom. The zero-order chi connectivity index (χ0) is 12.3. The molecule has 0 unspecified atom stereocenters. The summed E-state index contributed by atoms with van der Waals surface area (Å²) in [5.41, 5.74) is 1.97. The lowest BCUT2D eigenvalue weighted by Gasteiger charge is -2.09. The van der Waals surface area contributed by atoms with Gasteiger partial charge in [0, 0.05) is 0 Å². The van der Waals surface area contributed by atoms with Gasteiger partial charge in [0.25, 0.3) is 0 Å². The predicted octanol–water partition coefficient (Wildman–Crippen LogP) is 2.99. The highest BCUT2D eigenvalue weighted by molar-refractivity contribution is 5.71. The Bertz CT molecular complexity index is 506. The van der Waals surface area contributed by atoms with E-state index < -0.39 is 0 Å². The Kier molecular flexibility index (Phi) is 3.40. The van der Waals surface area contributed by atoms with Gasteiger partial charge in [-0.05, 0) is 23.3 Å². The van der Waals surface area contributed by atoms with Crippen molar-refractivity contribution in [3.63, 3.8) is 0 Å². The minimum atomic E-state index is -0.318. The minimum Gasteiger partial charge on any atom is -0.496 e. The van der Waals surface area contributed by atoms with Gasteiger partial charge in [0.1, 0.15) is 11.6 Å². The van der Waals surface area contributed by atoms with Crippen LogP contribution in [0.3, 0.4) is 0 Å². The second kappa shape index (κ2) is 4.97. The van der Waals surface area contributed by atoms with E-state index in [1.807, 2.05) is 0 Å². The van der Waals surface area contributed by atoms with Crippen molar-refractivity contribution in [2.75, 3.05) is 7.11 Å². The molecule has 2 aromatic rings. The largest absolute Gasteiger partial charge is 0.496 e. The molecule has 0 saturated carbocycles. The van der Waals surface area contributed by atoms with Crippen molar-refractivity contribution in [3.8, 4) is 16.9 Å². The number of ether oxygens (including phenoxy) is 1. The van der Waals surface area contributed by atoms with Crippen LogP contribution in [0.2, 0.25) is 0 Å². The SMILES string of the molecule is COc1cccc(F)c1-c1ccc(CO)cc1. The molecule has 0 fully saturated rings. The molecule has 0 radical (unpaired) electrons. The number of benzene rings is 2. The van der Waals surface area contributed by atoms with E-state index in [1.54, 1.807) is 36.4 Å². The van der Waals surface area contributed by atoms with Gasteiger partial charge in [0.2, 0.25) is 0 Å². The molecule has 88 valence electrons. The second-order valence-electron chi connectivity index (χ2n) is 3.67. The van der Waals surface area contributed by atoms with Gasteiger partial charge in [-0.25, -0.2) is 4.39 Å². The van der Waals surface area contributed by atoms with Crippen LogP contribution in [0.25, 0.3) is 11.1 Å². The maximum atomic E-state index is 13.8. The van der Waals surface area contributed by atoms with Gasteiger partial charge in [-0.15, -0.1) is 0 Å². The van der Waals surface area contributed by atoms with Crippen molar-refractivity contribution >= 4 is 0 Å². The maximum Gasteiger partial charge on any atom is 0.134 e. The Morgan fingerprint density at radius 2 is 1.82 bits per heavy atom. The lowest BCUT2D eigenvalue weighted by atomic mass is 10.0. The van der Waals surface area contributed by atoms with Crippen LogP contribution in [0.4, 0.5) is 4.39 Å². The van der Waals surface area contributed by atoms with Gasteiger partial charge in [-0.3, -0.25) is 0 Å². The predicted molar refractivity (Wildman–Crippen MR) is 64.3 cm³/mol. The zero-order valence-corrected chi connectivity index (χ0v) is 9.48. The van der Waals surface area contributed by atoms with Crippen molar-refractivity contribution in [1.29, 1.82) is 0 Å². The molecule has 0 atom stereocenters. The third-order valence-electron chi connectivity index (χ3n) is 2.62. The summed E-state index contributed by atoms with van der Waals surface area (Å²) in [5, 5.41) is 8.96. The van der Waals surface area contributed by atoms with E-state index in [1.165, 1.54) is 13.2 Å². The molecule has 0 aliphatic rings.